The molecule has 1 unspecified atom stereocenters. The topological polar surface area (TPSA) is 68.9 Å². The molecule has 2 heterocycles. The summed E-state index contributed by atoms with van der Waals surface area (Å²) in [7, 11) is 3.16. The van der Waals surface area contributed by atoms with Crippen molar-refractivity contribution in [2.24, 2.45) is 14.1 Å². The molecule has 8 heteroatoms. The van der Waals surface area contributed by atoms with E-state index in [4.69, 9.17) is 0 Å². The number of rotatable bonds is 4. The summed E-state index contributed by atoms with van der Waals surface area (Å²) in [5.74, 6) is -0.620. The van der Waals surface area contributed by atoms with Crippen molar-refractivity contribution < 1.29 is 9.18 Å². The zero-order valence-corrected chi connectivity index (χ0v) is 15.7. The Morgan fingerprint density at radius 2 is 1.92 bits per heavy atom. The number of hydrogen-bond donors (Lipinski definition) is 1. The van der Waals surface area contributed by atoms with Crippen LogP contribution in [0.4, 0.5) is 4.39 Å². The van der Waals surface area contributed by atoms with Crippen molar-refractivity contribution in [2.45, 2.75) is 19.9 Å². The molecule has 6 nitrogen and oxygen atoms in total. The maximum absolute atomic E-state index is 13.1. The second-order valence-electron chi connectivity index (χ2n) is 6.14. The van der Waals surface area contributed by atoms with Gasteiger partial charge in [0.25, 0.3) is 5.91 Å². The molecule has 0 saturated heterocycles. The van der Waals surface area contributed by atoms with Gasteiger partial charge < -0.3 is 9.88 Å². The molecule has 1 amide bonds. The van der Waals surface area contributed by atoms with Crippen molar-refractivity contribution in [3.8, 4) is 10.6 Å². The lowest BCUT2D eigenvalue weighted by atomic mass is 10.2. The molecule has 3 aromatic rings. The van der Waals surface area contributed by atoms with Gasteiger partial charge in [-0.05, 0) is 38.1 Å². The van der Waals surface area contributed by atoms with Gasteiger partial charge in [0.2, 0.25) is 0 Å². The van der Waals surface area contributed by atoms with Crippen LogP contribution >= 0.6 is 11.3 Å². The minimum absolute atomic E-state index is 0.254. The summed E-state index contributed by atoms with van der Waals surface area (Å²) in [6.07, 6.45) is 1.51. The molecule has 26 heavy (non-hydrogen) atoms. The van der Waals surface area contributed by atoms with Gasteiger partial charge in [0.05, 0.1) is 16.6 Å². The highest BCUT2D eigenvalue weighted by Gasteiger charge is 2.20. The number of nitrogens with zero attached hydrogens (tertiary/aromatic N) is 3. The van der Waals surface area contributed by atoms with E-state index < -0.39 is 0 Å². The predicted molar refractivity (Wildman–Crippen MR) is 98.8 cm³/mol. The largest absolute Gasteiger partial charge is 0.343 e. The van der Waals surface area contributed by atoms with Crippen LogP contribution in [-0.2, 0) is 14.1 Å². The molecule has 2 aromatic heterocycles. The minimum Gasteiger partial charge on any atom is -0.343 e. The average molecular weight is 374 g/mol. The van der Waals surface area contributed by atoms with Crippen LogP contribution in [0.1, 0.15) is 34.0 Å². The van der Waals surface area contributed by atoms with E-state index in [1.54, 1.807) is 26.2 Å². The standard InChI is InChI=1S/C18H19FN4O2S/c1-10(20-16(24)14-9-22(3)18(25)23(14)4)15-11(2)21-17(26-15)12-5-7-13(19)8-6-12/h5-10H,1-4H3,(H,20,24). The summed E-state index contributed by atoms with van der Waals surface area (Å²) in [5, 5.41) is 3.68. The molecule has 0 aliphatic carbocycles. The molecular formula is C18H19FN4O2S. The Morgan fingerprint density at radius 3 is 2.50 bits per heavy atom. The van der Waals surface area contributed by atoms with Crippen LogP contribution in [0, 0.1) is 12.7 Å². The molecule has 0 aliphatic rings. The van der Waals surface area contributed by atoms with E-state index in [0.29, 0.717) is 5.69 Å². The highest BCUT2D eigenvalue weighted by atomic mass is 32.1. The second kappa shape index (κ2) is 6.87. The first kappa shape index (κ1) is 18.1. The maximum Gasteiger partial charge on any atom is 0.328 e. The van der Waals surface area contributed by atoms with Crippen molar-refractivity contribution in [1.29, 1.82) is 0 Å². The van der Waals surface area contributed by atoms with E-state index in [2.05, 4.69) is 10.3 Å². The number of carbonyl (C=O) groups excluding carboxylic acids is 1. The van der Waals surface area contributed by atoms with Gasteiger partial charge in [0.15, 0.2) is 0 Å². The van der Waals surface area contributed by atoms with E-state index in [0.717, 1.165) is 21.1 Å². The Labute approximate surface area is 153 Å². The number of nitrogens with one attached hydrogen (secondary N) is 1. The number of benzene rings is 1. The van der Waals surface area contributed by atoms with Crippen molar-refractivity contribution in [3.05, 3.63) is 63.0 Å². The highest BCUT2D eigenvalue weighted by Crippen LogP contribution is 2.31. The third-order valence-electron chi connectivity index (χ3n) is 4.16. The third-order valence-corrected chi connectivity index (χ3v) is 5.55. The molecule has 0 radical (unpaired) electrons. The summed E-state index contributed by atoms with van der Waals surface area (Å²) >= 11 is 1.45. The Bertz CT molecular complexity index is 1020. The average Bonchev–Trinajstić information content (AvgIpc) is 3.11. The zero-order chi connectivity index (χ0) is 19.0. The first-order valence-electron chi connectivity index (χ1n) is 8.04. The summed E-state index contributed by atoms with van der Waals surface area (Å²) in [6.45, 7) is 3.74. The summed E-state index contributed by atoms with van der Waals surface area (Å²) in [5.41, 5.74) is 1.68. The van der Waals surface area contributed by atoms with Gasteiger partial charge in [0.1, 0.15) is 16.5 Å². The fourth-order valence-corrected chi connectivity index (χ4v) is 3.81. The molecular weight excluding hydrogens is 355 g/mol. The molecule has 0 spiro atoms. The zero-order valence-electron chi connectivity index (χ0n) is 14.9. The van der Waals surface area contributed by atoms with Gasteiger partial charge in [-0.3, -0.25) is 9.36 Å². The maximum atomic E-state index is 13.1. The number of thiazole rings is 1. The number of aryl methyl sites for hydroxylation is 2. The molecule has 136 valence electrons. The van der Waals surface area contributed by atoms with Crippen molar-refractivity contribution in [1.82, 2.24) is 19.4 Å². The number of carbonyl (C=O) groups is 1. The molecule has 1 aromatic carbocycles. The monoisotopic (exact) mass is 374 g/mol. The smallest absolute Gasteiger partial charge is 0.328 e. The Kier molecular flexibility index (Phi) is 4.78. The Balaban J connectivity index is 1.82. The normalized spacial score (nSPS) is 12.2. The van der Waals surface area contributed by atoms with E-state index in [1.165, 1.54) is 38.8 Å². The first-order valence-corrected chi connectivity index (χ1v) is 8.86. The SMILES string of the molecule is Cc1nc(-c2ccc(F)cc2)sc1C(C)NC(=O)c1cn(C)c(=O)n1C. The van der Waals surface area contributed by atoms with E-state index in [9.17, 15) is 14.0 Å². The van der Waals surface area contributed by atoms with Gasteiger partial charge in [0, 0.05) is 25.9 Å². The van der Waals surface area contributed by atoms with Crippen LogP contribution in [0.25, 0.3) is 10.6 Å². The molecule has 0 saturated carbocycles. The lowest BCUT2D eigenvalue weighted by Gasteiger charge is -2.12. The van der Waals surface area contributed by atoms with E-state index >= 15 is 0 Å². The molecule has 0 aliphatic heterocycles. The van der Waals surface area contributed by atoms with Gasteiger partial charge in [-0.15, -0.1) is 11.3 Å². The van der Waals surface area contributed by atoms with Gasteiger partial charge in [-0.1, -0.05) is 0 Å². The lowest BCUT2D eigenvalue weighted by Crippen LogP contribution is -2.30. The van der Waals surface area contributed by atoms with Crippen molar-refractivity contribution >= 4 is 17.2 Å². The van der Waals surface area contributed by atoms with Gasteiger partial charge in [-0.2, -0.15) is 0 Å². The Hall–Kier alpha value is -2.74. The highest BCUT2D eigenvalue weighted by molar-refractivity contribution is 7.15. The molecule has 3 rings (SSSR count). The number of aromatic nitrogens is 3. The summed E-state index contributed by atoms with van der Waals surface area (Å²) < 4.78 is 15.8. The third kappa shape index (κ3) is 3.32. The van der Waals surface area contributed by atoms with Gasteiger partial charge in [-0.25, -0.2) is 14.2 Å². The molecule has 0 fully saturated rings. The number of imidazole rings is 1. The van der Waals surface area contributed by atoms with Crippen LogP contribution in [0.2, 0.25) is 0 Å². The first-order chi connectivity index (χ1) is 12.3. The predicted octanol–water partition coefficient (Wildman–Crippen LogP) is 2.79. The quantitative estimate of drug-likeness (QED) is 0.763. The molecule has 0 bridgehead atoms. The lowest BCUT2D eigenvalue weighted by molar-refractivity contribution is 0.0932. The number of halogens is 1. The number of amides is 1. The van der Waals surface area contributed by atoms with Crippen LogP contribution in [0.15, 0.2) is 35.3 Å². The van der Waals surface area contributed by atoms with Crippen LogP contribution in [0.3, 0.4) is 0 Å². The van der Waals surface area contributed by atoms with Gasteiger partial charge >= 0.3 is 5.69 Å². The van der Waals surface area contributed by atoms with Crippen molar-refractivity contribution in [2.75, 3.05) is 0 Å². The fraction of sp³-hybridized carbons (Fsp3) is 0.278. The van der Waals surface area contributed by atoms with E-state index in [1.807, 2.05) is 13.8 Å². The molecule has 1 atom stereocenters. The number of hydrogen-bond acceptors (Lipinski definition) is 4. The second-order valence-corrected chi connectivity index (χ2v) is 7.17. The van der Waals surface area contributed by atoms with Crippen molar-refractivity contribution in [3.63, 3.8) is 0 Å². The van der Waals surface area contributed by atoms with E-state index in [-0.39, 0.29) is 23.5 Å². The fourth-order valence-electron chi connectivity index (χ4n) is 2.74. The van der Waals surface area contributed by atoms with Crippen LogP contribution in [0.5, 0.6) is 0 Å². The van der Waals surface area contributed by atoms with Crippen LogP contribution < -0.4 is 11.0 Å². The van der Waals surface area contributed by atoms with Crippen LogP contribution in [-0.4, -0.2) is 20.0 Å². The summed E-state index contributed by atoms with van der Waals surface area (Å²) in [6, 6.07) is 5.88. The molecule has 1 N–H and O–H groups in total. The Morgan fingerprint density at radius 1 is 1.27 bits per heavy atom. The summed E-state index contributed by atoms with van der Waals surface area (Å²) in [4.78, 5) is 29.7. The minimum atomic E-state index is -0.325.